The van der Waals surface area contributed by atoms with Crippen LogP contribution in [-0.2, 0) is 4.79 Å². The van der Waals surface area contributed by atoms with Crippen molar-refractivity contribution in [2.24, 2.45) is 5.10 Å². The van der Waals surface area contributed by atoms with Gasteiger partial charge in [0.2, 0.25) is 5.91 Å². The molecular formula is C31H24BrN3O4. The second-order valence-electron chi connectivity index (χ2n) is 8.45. The maximum absolute atomic E-state index is 12.6. The van der Waals surface area contributed by atoms with Crippen molar-refractivity contribution in [2.75, 3.05) is 5.32 Å². The third kappa shape index (κ3) is 8.08. The summed E-state index contributed by atoms with van der Waals surface area (Å²) >= 11 is 3.39. The van der Waals surface area contributed by atoms with E-state index in [1.807, 2.05) is 49.4 Å². The van der Waals surface area contributed by atoms with E-state index < -0.39 is 11.9 Å². The Morgan fingerprint density at radius 1 is 0.846 bits per heavy atom. The number of halogens is 1. The van der Waals surface area contributed by atoms with E-state index in [2.05, 4.69) is 31.8 Å². The molecule has 0 aliphatic carbocycles. The quantitative estimate of drug-likeness (QED) is 0.0827. The smallest absolute Gasteiger partial charge is 0.343 e. The van der Waals surface area contributed by atoms with Crippen molar-refractivity contribution < 1.29 is 19.1 Å². The third-order valence-electron chi connectivity index (χ3n) is 5.47. The van der Waals surface area contributed by atoms with Crippen molar-refractivity contribution in [2.45, 2.75) is 6.92 Å². The molecule has 4 aromatic rings. The molecule has 0 saturated carbocycles. The highest BCUT2D eigenvalue weighted by atomic mass is 79.9. The molecule has 0 bridgehead atoms. The summed E-state index contributed by atoms with van der Waals surface area (Å²) in [6, 6.07) is 28.1. The van der Waals surface area contributed by atoms with Crippen molar-refractivity contribution in [1.82, 2.24) is 5.43 Å². The zero-order valence-corrected chi connectivity index (χ0v) is 22.5. The van der Waals surface area contributed by atoms with Crippen LogP contribution < -0.4 is 15.5 Å². The molecule has 0 fully saturated rings. The zero-order valence-electron chi connectivity index (χ0n) is 20.9. The van der Waals surface area contributed by atoms with E-state index >= 15 is 0 Å². The zero-order chi connectivity index (χ0) is 27.6. The highest BCUT2D eigenvalue weighted by Gasteiger charge is 2.12. The Kier molecular flexibility index (Phi) is 9.16. The number of hydrogen-bond donors (Lipinski definition) is 2. The lowest BCUT2D eigenvalue weighted by atomic mass is 10.1. The highest BCUT2D eigenvalue weighted by molar-refractivity contribution is 9.10. The predicted molar refractivity (Wildman–Crippen MR) is 156 cm³/mol. The average Bonchev–Trinajstić information content (AvgIpc) is 2.94. The molecular weight excluding hydrogens is 558 g/mol. The van der Waals surface area contributed by atoms with Crippen molar-refractivity contribution in [3.63, 3.8) is 0 Å². The number of hydrogen-bond acceptors (Lipinski definition) is 5. The lowest BCUT2D eigenvalue weighted by molar-refractivity contribution is -0.111. The van der Waals surface area contributed by atoms with Gasteiger partial charge in [-0.3, -0.25) is 9.59 Å². The molecule has 8 heteroatoms. The van der Waals surface area contributed by atoms with Crippen LogP contribution in [-0.4, -0.2) is 24.0 Å². The number of rotatable bonds is 8. The van der Waals surface area contributed by atoms with Crippen LogP contribution >= 0.6 is 15.9 Å². The van der Waals surface area contributed by atoms with Crippen LogP contribution in [0.25, 0.3) is 6.08 Å². The fourth-order valence-electron chi connectivity index (χ4n) is 3.41. The molecule has 39 heavy (non-hydrogen) atoms. The van der Waals surface area contributed by atoms with Gasteiger partial charge in [-0.2, -0.15) is 5.10 Å². The minimum Gasteiger partial charge on any atom is -0.422 e. The molecule has 2 amide bonds. The topological polar surface area (TPSA) is 96.9 Å². The molecule has 0 aromatic heterocycles. The van der Waals surface area contributed by atoms with E-state index in [0.717, 1.165) is 15.6 Å². The molecule has 0 aliphatic heterocycles. The number of amides is 2. The summed E-state index contributed by atoms with van der Waals surface area (Å²) in [6.45, 7) is 1.94. The molecule has 0 heterocycles. The van der Waals surface area contributed by atoms with E-state index in [0.29, 0.717) is 28.1 Å². The number of carbonyl (C=O) groups excluding carboxylic acids is 3. The number of ether oxygens (including phenoxy) is 1. The summed E-state index contributed by atoms with van der Waals surface area (Å²) in [7, 11) is 0. The molecule has 7 nitrogen and oxygen atoms in total. The van der Waals surface area contributed by atoms with Gasteiger partial charge < -0.3 is 10.1 Å². The molecule has 4 aromatic carbocycles. The van der Waals surface area contributed by atoms with Crippen LogP contribution in [0.5, 0.6) is 5.75 Å². The molecule has 0 atom stereocenters. The third-order valence-corrected chi connectivity index (χ3v) is 5.97. The summed E-state index contributed by atoms with van der Waals surface area (Å²) in [5, 5.41) is 6.77. The van der Waals surface area contributed by atoms with Gasteiger partial charge in [0.05, 0.1) is 11.8 Å². The lowest BCUT2D eigenvalue weighted by Crippen LogP contribution is -2.18. The number of hydrazone groups is 1. The molecule has 0 unspecified atom stereocenters. The average molecular weight is 582 g/mol. The van der Waals surface area contributed by atoms with E-state index in [4.69, 9.17) is 4.74 Å². The van der Waals surface area contributed by atoms with Gasteiger partial charge in [-0.15, -0.1) is 0 Å². The Bertz CT molecular complexity index is 1530. The minimum absolute atomic E-state index is 0.284. The number of aryl methyl sites for hydroxylation is 1. The lowest BCUT2D eigenvalue weighted by Gasteiger charge is -2.08. The normalized spacial score (nSPS) is 10.9. The van der Waals surface area contributed by atoms with Crippen LogP contribution in [0.1, 0.15) is 37.4 Å². The molecule has 0 radical (unpaired) electrons. The fraction of sp³-hybridized carbons (Fsp3) is 0.0323. The molecule has 0 saturated heterocycles. The van der Waals surface area contributed by atoms with Gasteiger partial charge in [-0.1, -0.05) is 64.0 Å². The number of carbonyl (C=O) groups is 3. The Morgan fingerprint density at radius 2 is 1.54 bits per heavy atom. The van der Waals surface area contributed by atoms with Gasteiger partial charge in [0, 0.05) is 27.4 Å². The number of esters is 1. The van der Waals surface area contributed by atoms with Crippen LogP contribution in [0.4, 0.5) is 5.69 Å². The molecule has 194 valence electrons. The van der Waals surface area contributed by atoms with E-state index in [9.17, 15) is 14.4 Å². The van der Waals surface area contributed by atoms with Gasteiger partial charge in [0.15, 0.2) is 0 Å². The fourth-order valence-corrected chi connectivity index (χ4v) is 3.79. The van der Waals surface area contributed by atoms with E-state index in [-0.39, 0.29) is 5.91 Å². The second kappa shape index (κ2) is 13.1. The van der Waals surface area contributed by atoms with Crippen molar-refractivity contribution in [3.8, 4) is 5.75 Å². The summed E-state index contributed by atoms with van der Waals surface area (Å²) in [6.07, 6.45) is 4.56. The van der Waals surface area contributed by atoms with Crippen molar-refractivity contribution in [1.29, 1.82) is 0 Å². The summed E-state index contributed by atoms with van der Waals surface area (Å²) < 4.78 is 6.30. The first kappa shape index (κ1) is 27.2. The molecule has 0 aliphatic rings. The SMILES string of the molecule is Cc1ccc(C(=O)Oc2ccc(Br)cc2/C=N\NC(=O)c2ccc(NC(=O)/C=C/c3ccccc3)cc2)cc1. The van der Waals surface area contributed by atoms with Crippen molar-refractivity contribution >= 4 is 51.7 Å². The number of nitrogens with one attached hydrogen (secondary N) is 2. The molecule has 4 rings (SSSR count). The first-order chi connectivity index (χ1) is 18.9. The summed E-state index contributed by atoms with van der Waals surface area (Å²) in [4.78, 5) is 37.3. The summed E-state index contributed by atoms with van der Waals surface area (Å²) in [5.74, 6) is -0.934. The second-order valence-corrected chi connectivity index (χ2v) is 9.36. The van der Waals surface area contributed by atoms with Gasteiger partial charge >= 0.3 is 5.97 Å². The largest absolute Gasteiger partial charge is 0.422 e. The van der Waals surface area contributed by atoms with E-state index in [1.54, 1.807) is 60.7 Å². The number of anilines is 1. The predicted octanol–water partition coefficient (Wildman–Crippen LogP) is 6.39. The summed E-state index contributed by atoms with van der Waals surface area (Å²) in [5.41, 5.74) is 6.23. The molecule has 2 N–H and O–H groups in total. The Morgan fingerprint density at radius 3 is 2.26 bits per heavy atom. The highest BCUT2D eigenvalue weighted by Crippen LogP contribution is 2.23. The van der Waals surface area contributed by atoms with Crippen molar-refractivity contribution in [3.05, 3.63) is 135 Å². The van der Waals surface area contributed by atoms with Gasteiger partial charge in [-0.05, 0) is 73.2 Å². The first-order valence-corrected chi connectivity index (χ1v) is 12.7. The standard InChI is InChI=1S/C31H24BrN3O4/c1-21-7-10-24(11-8-21)31(38)39-28-17-14-26(32)19-25(28)20-33-35-30(37)23-12-15-27(16-13-23)34-29(36)18-9-22-5-3-2-4-6-22/h2-20H,1H3,(H,34,36)(H,35,37)/b18-9+,33-20-. The van der Waals surface area contributed by atoms with Gasteiger partial charge in [-0.25, -0.2) is 10.2 Å². The van der Waals surface area contributed by atoms with Crippen LogP contribution in [0.3, 0.4) is 0 Å². The van der Waals surface area contributed by atoms with Crippen LogP contribution in [0, 0.1) is 6.92 Å². The maximum Gasteiger partial charge on any atom is 0.343 e. The van der Waals surface area contributed by atoms with E-state index in [1.165, 1.54) is 12.3 Å². The minimum atomic E-state index is -0.501. The Labute approximate surface area is 234 Å². The van der Waals surface area contributed by atoms with Crippen LogP contribution in [0.15, 0.2) is 113 Å². The monoisotopic (exact) mass is 581 g/mol. The van der Waals surface area contributed by atoms with Crippen LogP contribution in [0.2, 0.25) is 0 Å². The number of benzene rings is 4. The van der Waals surface area contributed by atoms with Gasteiger partial charge in [0.25, 0.3) is 5.91 Å². The maximum atomic E-state index is 12.6. The molecule has 0 spiro atoms. The Balaban J connectivity index is 1.35. The van der Waals surface area contributed by atoms with Gasteiger partial charge in [0.1, 0.15) is 5.75 Å². The Hall–Kier alpha value is -4.82. The number of nitrogens with zero attached hydrogens (tertiary/aromatic N) is 1. The first-order valence-electron chi connectivity index (χ1n) is 11.9.